The summed E-state index contributed by atoms with van der Waals surface area (Å²) in [5, 5.41) is 7.99. The summed E-state index contributed by atoms with van der Waals surface area (Å²) < 4.78 is 10.0. The van der Waals surface area contributed by atoms with Crippen molar-refractivity contribution in [3.05, 3.63) is 60.2 Å². The molecule has 0 bridgehead atoms. The molecule has 0 fully saturated rings. The number of carboxylic acid groups (broad SMARTS) is 1. The highest BCUT2D eigenvalue weighted by atomic mass is 16.6. The summed E-state index contributed by atoms with van der Waals surface area (Å²) in [5.74, 6) is -1.88. The molecule has 0 spiro atoms. The second kappa shape index (κ2) is 12.3. The fourth-order valence-electron chi connectivity index (χ4n) is 1.96. The molecule has 0 radical (unpaired) electrons. The maximum Gasteiger partial charge on any atom is 0.338 e. The van der Waals surface area contributed by atoms with Crippen LogP contribution in [0, 0.1) is 11.8 Å². The van der Waals surface area contributed by atoms with E-state index in [4.69, 9.17) is 14.6 Å². The second-order valence-corrected chi connectivity index (χ2v) is 6.89. The zero-order valence-electron chi connectivity index (χ0n) is 17.3. The molecular weight excluding hydrogens is 372 g/mol. The van der Waals surface area contributed by atoms with E-state index in [0.717, 1.165) is 11.1 Å². The van der Waals surface area contributed by atoms with Gasteiger partial charge in [0.1, 0.15) is 13.2 Å². The van der Waals surface area contributed by atoms with Crippen LogP contribution in [0.25, 0.3) is 11.1 Å². The Labute approximate surface area is 171 Å². The number of esters is 2. The number of benzene rings is 2. The Bertz CT molecular complexity index is 779. The van der Waals surface area contributed by atoms with Crippen molar-refractivity contribution < 1.29 is 29.0 Å². The van der Waals surface area contributed by atoms with Gasteiger partial charge in [-0.1, -0.05) is 70.2 Å². The van der Waals surface area contributed by atoms with Crippen molar-refractivity contribution in [1.82, 2.24) is 0 Å². The highest BCUT2D eigenvalue weighted by Crippen LogP contribution is 2.19. The van der Waals surface area contributed by atoms with Crippen LogP contribution in [0.1, 0.15) is 38.1 Å². The van der Waals surface area contributed by atoms with Crippen LogP contribution in [-0.2, 0) is 19.1 Å². The average Bonchev–Trinajstić information content (AvgIpc) is 2.72. The van der Waals surface area contributed by atoms with Crippen LogP contribution in [0.15, 0.2) is 54.6 Å². The standard InChI is InChI=1S/C19H20O4.C4H8O2/c1-14(2)18(20)22-12-13-23-19(21)17-10-8-16(9-11-17)15-6-4-3-5-7-15;1-3(2)4(5)6/h3-11,14H,12-13H2,1-2H3;3H,1-2H3,(H,5,6). The van der Waals surface area contributed by atoms with Crippen LogP contribution in [0.3, 0.4) is 0 Å². The highest BCUT2D eigenvalue weighted by molar-refractivity contribution is 5.90. The molecule has 6 nitrogen and oxygen atoms in total. The first-order valence-corrected chi connectivity index (χ1v) is 9.44. The zero-order chi connectivity index (χ0) is 21.8. The van der Waals surface area contributed by atoms with Crippen LogP contribution >= 0.6 is 0 Å². The monoisotopic (exact) mass is 400 g/mol. The average molecular weight is 400 g/mol. The van der Waals surface area contributed by atoms with Crippen LogP contribution in [-0.4, -0.2) is 36.2 Å². The van der Waals surface area contributed by atoms with E-state index in [9.17, 15) is 14.4 Å². The topological polar surface area (TPSA) is 89.9 Å². The van der Waals surface area contributed by atoms with Crippen molar-refractivity contribution in [1.29, 1.82) is 0 Å². The van der Waals surface area contributed by atoms with E-state index < -0.39 is 11.9 Å². The zero-order valence-corrected chi connectivity index (χ0v) is 17.3. The normalized spacial score (nSPS) is 10.1. The molecule has 0 amide bonds. The summed E-state index contributed by atoms with van der Waals surface area (Å²) >= 11 is 0. The van der Waals surface area contributed by atoms with Gasteiger partial charge in [0, 0.05) is 0 Å². The largest absolute Gasteiger partial charge is 0.481 e. The molecule has 29 heavy (non-hydrogen) atoms. The van der Waals surface area contributed by atoms with Crippen molar-refractivity contribution >= 4 is 17.9 Å². The molecule has 156 valence electrons. The van der Waals surface area contributed by atoms with E-state index in [2.05, 4.69) is 0 Å². The third-order valence-corrected chi connectivity index (χ3v) is 3.75. The van der Waals surface area contributed by atoms with Gasteiger partial charge in [0.05, 0.1) is 17.4 Å². The minimum Gasteiger partial charge on any atom is -0.481 e. The molecule has 0 atom stereocenters. The maximum absolute atomic E-state index is 11.9. The summed E-state index contributed by atoms with van der Waals surface area (Å²) in [7, 11) is 0. The summed E-state index contributed by atoms with van der Waals surface area (Å²) in [5.41, 5.74) is 2.60. The van der Waals surface area contributed by atoms with Crippen molar-refractivity contribution in [2.24, 2.45) is 11.8 Å². The lowest BCUT2D eigenvalue weighted by molar-refractivity contribution is -0.148. The molecule has 0 unspecified atom stereocenters. The molecule has 6 heteroatoms. The van der Waals surface area contributed by atoms with Crippen LogP contribution < -0.4 is 0 Å². The maximum atomic E-state index is 11.9. The van der Waals surface area contributed by atoms with Crippen molar-refractivity contribution in [3.8, 4) is 11.1 Å². The van der Waals surface area contributed by atoms with Gasteiger partial charge in [-0.3, -0.25) is 9.59 Å². The quantitative estimate of drug-likeness (QED) is 0.546. The molecule has 0 heterocycles. The number of ether oxygens (including phenoxy) is 2. The van der Waals surface area contributed by atoms with Crippen molar-refractivity contribution in [2.75, 3.05) is 13.2 Å². The molecule has 1 N–H and O–H groups in total. The smallest absolute Gasteiger partial charge is 0.338 e. The van der Waals surface area contributed by atoms with E-state index in [-0.39, 0.29) is 31.0 Å². The number of hydrogen-bond donors (Lipinski definition) is 1. The van der Waals surface area contributed by atoms with E-state index in [1.807, 2.05) is 42.5 Å². The fraction of sp³-hybridized carbons (Fsp3) is 0.348. The van der Waals surface area contributed by atoms with Crippen molar-refractivity contribution in [2.45, 2.75) is 27.7 Å². The van der Waals surface area contributed by atoms with Crippen LogP contribution in [0.2, 0.25) is 0 Å². The molecule has 0 aliphatic heterocycles. The van der Waals surface area contributed by atoms with Gasteiger partial charge in [0.15, 0.2) is 0 Å². The Hall–Kier alpha value is -3.15. The highest BCUT2D eigenvalue weighted by Gasteiger charge is 2.10. The third-order valence-electron chi connectivity index (χ3n) is 3.75. The first kappa shape index (κ1) is 23.9. The molecule has 0 aromatic heterocycles. The Balaban J connectivity index is 0.000000612. The minimum absolute atomic E-state index is 0.0533. The lowest BCUT2D eigenvalue weighted by atomic mass is 10.0. The van der Waals surface area contributed by atoms with E-state index in [1.54, 1.807) is 39.8 Å². The van der Waals surface area contributed by atoms with Gasteiger partial charge in [-0.05, 0) is 23.3 Å². The number of aliphatic carboxylic acids is 1. The summed E-state index contributed by atoms with van der Waals surface area (Å²) in [6.45, 7) is 6.92. The Kier molecular flexibility index (Phi) is 10.2. The second-order valence-electron chi connectivity index (χ2n) is 6.89. The Morgan fingerprint density at radius 1 is 0.759 bits per heavy atom. The molecule has 0 aliphatic rings. The van der Waals surface area contributed by atoms with E-state index in [1.165, 1.54) is 0 Å². The van der Waals surface area contributed by atoms with Gasteiger partial charge in [-0.25, -0.2) is 4.79 Å². The molecule has 2 rings (SSSR count). The van der Waals surface area contributed by atoms with Crippen LogP contribution in [0.5, 0.6) is 0 Å². The van der Waals surface area contributed by atoms with Gasteiger partial charge in [-0.2, -0.15) is 0 Å². The van der Waals surface area contributed by atoms with E-state index >= 15 is 0 Å². The first-order valence-electron chi connectivity index (χ1n) is 9.44. The van der Waals surface area contributed by atoms with Gasteiger partial charge in [0.2, 0.25) is 0 Å². The van der Waals surface area contributed by atoms with Crippen molar-refractivity contribution in [3.63, 3.8) is 0 Å². The Morgan fingerprint density at radius 2 is 1.24 bits per heavy atom. The molecule has 2 aromatic carbocycles. The number of carbonyl (C=O) groups excluding carboxylic acids is 2. The van der Waals surface area contributed by atoms with Gasteiger partial charge >= 0.3 is 17.9 Å². The summed E-state index contributed by atoms with van der Waals surface area (Å²) in [6.07, 6.45) is 0. The number of hydrogen-bond acceptors (Lipinski definition) is 5. The lowest BCUT2D eigenvalue weighted by Crippen LogP contribution is -2.17. The molecule has 0 aliphatic carbocycles. The first-order chi connectivity index (χ1) is 13.7. The number of rotatable bonds is 7. The van der Waals surface area contributed by atoms with Gasteiger partial charge < -0.3 is 14.6 Å². The summed E-state index contributed by atoms with van der Waals surface area (Å²) in [6, 6.07) is 17.1. The lowest BCUT2D eigenvalue weighted by Gasteiger charge is -2.08. The number of carbonyl (C=O) groups is 3. The molecule has 2 aromatic rings. The fourth-order valence-corrected chi connectivity index (χ4v) is 1.96. The minimum atomic E-state index is -0.741. The van der Waals surface area contributed by atoms with Gasteiger partial charge in [0.25, 0.3) is 0 Å². The predicted molar refractivity (Wildman–Crippen MR) is 110 cm³/mol. The SMILES string of the molecule is CC(C)C(=O)O.CC(C)C(=O)OCCOC(=O)c1ccc(-c2ccccc2)cc1. The molecule has 0 saturated carbocycles. The van der Waals surface area contributed by atoms with E-state index in [0.29, 0.717) is 5.56 Å². The molecule has 0 saturated heterocycles. The molecular formula is C23H28O6. The van der Waals surface area contributed by atoms with Gasteiger partial charge in [-0.15, -0.1) is 0 Å². The summed E-state index contributed by atoms with van der Waals surface area (Å²) in [4.78, 5) is 32.9. The third kappa shape index (κ3) is 9.06. The Morgan fingerprint density at radius 3 is 1.72 bits per heavy atom. The predicted octanol–water partition coefficient (Wildman–Crippen LogP) is 4.44. The van der Waals surface area contributed by atoms with Crippen LogP contribution in [0.4, 0.5) is 0 Å². The number of carboxylic acids is 1.